The molecule has 0 saturated carbocycles. The first kappa shape index (κ1) is 23.6. The van der Waals surface area contributed by atoms with E-state index in [1.165, 1.54) is 6.07 Å². The molecule has 2 fully saturated rings. The van der Waals surface area contributed by atoms with Crippen LogP contribution in [0.4, 0.5) is 18.9 Å². The lowest BCUT2D eigenvalue weighted by Crippen LogP contribution is -2.56. The van der Waals surface area contributed by atoms with Crippen LogP contribution in [0.15, 0.2) is 53.1 Å². The molecule has 192 valence electrons. The van der Waals surface area contributed by atoms with Crippen LogP contribution in [0.1, 0.15) is 17.9 Å². The van der Waals surface area contributed by atoms with Crippen molar-refractivity contribution in [3.8, 4) is 22.7 Å². The van der Waals surface area contributed by atoms with Gasteiger partial charge in [-0.15, -0.1) is 15.3 Å². The minimum Gasteiger partial charge on any atom is -0.415 e. The summed E-state index contributed by atoms with van der Waals surface area (Å²) < 4.78 is 52.0. The van der Waals surface area contributed by atoms with Gasteiger partial charge in [-0.1, -0.05) is 17.3 Å². The summed E-state index contributed by atoms with van der Waals surface area (Å²) in [6.45, 7) is 5.66. The zero-order valence-corrected chi connectivity index (χ0v) is 19.8. The van der Waals surface area contributed by atoms with Crippen molar-refractivity contribution < 1.29 is 22.3 Å². The summed E-state index contributed by atoms with van der Waals surface area (Å²) in [6.07, 6.45) is -1.11. The van der Waals surface area contributed by atoms with Crippen molar-refractivity contribution in [3.63, 3.8) is 0 Å². The molecule has 0 amide bonds. The first-order valence-corrected chi connectivity index (χ1v) is 12.0. The largest absolute Gasteiger partial charge is 0.415 e. The van der Waals surface area contributed by atoms with Crippen LogP contribution < -0.4 is 4.90 Å². The molecule has 4 aromatic rings. The van der Waals surface area contributed by atoms with Gasteiger partial charge in [-0.25, -0.2) is 9.07 Å². The third kappa shape index (κ3) is 4.94. The topological polar surface area (TPSA) is 85.3 Å². The Morgan fingerprint density at radius 2 is 1.73 bits per heavy atom. The Kier molecular flexibility index (Phi) is 6.35. The number of piperazine rings is 1. The minimum absolute atomic E-state index is 0.0266. The molecule has 0 spiro atoms. The third-order valence-electron chi connectivity index (χ3n) is 6.75. The van der Waals surface area contributed by atoms with Crippen molar-refractivity contribution in [3.05, 3.63) is 65.9 Å². The van der Waals surface area contributed by atoms with Crippen molar-refractivity contribution in [1.29, 1.82) is 0 Å². The lowest BCUT2D eigenvalue weighted by molar-refractivity contribution is -0.0660. The van der Waals surface area contributed by atoms with E-state index in [0.29, 0.717) is 29.4 Å². The molecule has 9 nitrogen and oxygen atoms in total. The fourth-order valence-corrected chi connectivity index (χ4v) is 4.56. The van der Waals surface area contributed by atoms with Crippen LogP contribution in [0.2, 0.25) is 0 Å². The average molecular weight is 512 g/mol. The van der Waals surface area contributed by atoms with Gasteiger partial charge in [0.25, 0.3) is 5.89 Å². The quantitative estimate of drug-likeness (QED) is 0.372. The molecule has 0 radical (unpaired) electrons. The number of nitrogens with zero attached hydrogens (tertiary/aromatic N) is 7. The molecule has 0 N–H and O–H groups in total. The highest BCUT2D eigenvalue weighted by Gasteiger charge is 2.29. The van der Waals surface area contributed by atoms with E-state index in [4.69, 9.17) is 9.15 Å². The molecule has 2 aliphatic rings. The third-order valence-corrected chi connectivity index (χ3v) is 6.75. The number of aromatic nitrogens is 5. The van der Waals surface area contributed by atoms with E-state index >= 15 is 0 Å². The van der Waals surface area contributed by atoms with E-state index in [9.17, 15) is 13.2 Å². The summed E-state index contributed by atoms with van der Waals surface area (Å²) in [7, 11) is 0. The van der Waals surface area contributed by atoms with E-state index in [2.05, 4.69) is 30.3 Å². The lowest BCUT2D eigenvalue weighted by Gasteiger charge is -2.43. The maximum Gasteiger partial charge on any atom is 0.314 e. The van der Waals surface area contributed by atoms with E-state index in [0.717, 1.165) is 50.6 Å². The Hall–Kier alpha value is -3.77. The van der Waals surface area contributed by atoms with Gasteiger partial charge < -0.3 is 14.1 Å². The standard InChI is InChI=1S/C25H24F3N7O2/c26-21-6-5-18(33-7-9-34(10-8-33)19-14-36-15-19)11-20(21)22-13-35(32-29-22)12-16-1-3-17(4-2-16)24-30-31-25(37-24)23(27)28/h1-6,11,13,19,23H,7-10,12,14-15H2. The van der Waals surface area contributed by atoms with E-state index in [-0.39, 0.29) is 11.7 Å². The second-order valence-corrected chi connectivity index (χ2v) is 9.12. The van der Waals surface area contributed by atoms with Crippen molar-refractivity contribution in [1.82, 2.24) is 30.1 Å². The van der Waals surface area contributed by atoms with Crippen LogP contribution >= 0.6 is 0 Å². The van der Waals surface area contributed by atoms with Gasteiger partial charge in [-0.05, 0) is 35.9 Å². The first-order valence-electron chi connectivity index (χ1n) is 12.0. The summed E-state index contributed by atoms with van der Waals surface area (Å²) in [5.74, 6) is -1.04. The van der Waals surface area contributed by atoms with Crippen LogP contribution in [0, 0.1) is 5.82 Å². The molecule has 0 bridgehead atoms. The van der Waals surface area contributed by atoms with Gasteiger partial charge in [-0.2, -0.15) is 8.78 Å². The van der Waals surface area contributed by atoms with Crippen LogP contribution in [0.3, 0.4) is 0 Å². The smallest absolute Gasteiger partial charge is 0.314 e. The molecule has 0 atom stereocenters. The van der Waals surface area contributed by atoms with Crippen molar-refractivity contribution in [2.75, 3.05) is 44.3 Å². The number of ether oxygens (including phenoxy) is 1. The van der Waals surface area contributed by atoms with E-state index in [1.807, 2.05) is 6.07 Å². The zero-order valence-electron chi connectivity index (χ0n) is 19.8. The monoisotopic (exact) mass is 511 g/mol. The summed E-state index contributed by atoms with van der Waals surface area (Å²) >= 11 is 0. The number of hydrogen-bond acceptors (Lipinski definition) is 8. The second-order valence-electron chi connectivity index (χ2n) is 9.12. The van der Waals surface area contributed by atoms with E-state index in [1.54, 1.807) is 41.2 Å². The molecule has 0 unspecified atom stereocenters. The fraction of sp³-hybridized carbons (Fsp3) is 0.360. The molecule has 4 heterocycles. The average Bonchev–Trinajstić information content (AvgIpc) is 3.55. The number of anilines is 1. The van der Waals surface area contributed by atoms with Crippen LogP contribution in [0.5, 0.6) is 0 Å². The van der Waals surface area contributed by atoms with Gasteiger partial charge in [-0.3, -0.25) is 4.90 Å². The highest BCUT2D eigenvalue weighted by molar-refractivity contribution is 5.66. The number of hydrogen-bond donors (Lipinski definition) is 0. The molecular weight excluding hydrogens is 487 g/mol. The first-order chi connectivity index (χ1) is 18.0. The SMILES string of the molecule is Fc1ccc(N2CCN(C3COC3)CC2)cc1-c1cn(Cc2ccc(-c3nnc(C(F)F)o3)cc2)nn1. The predicted octanol–water partition coefficient (Wildman–Crippen LogP) is 3.64. The maximum atomic E-state index is 14.8. The molecule has 0 aliphatic carbocycles. The highest BCUT2D eigenvalue weighted by Crippen LogP contribution is 2.28. The number of halogens is 3. The van der Waals surface area contributed by atoms with Gasteiger partial charge in [0.05, 0.1) is 32.0 Å². The molecule has 2 aromatic heterocycles. The van der Waals surface area contributed by atoms with Gasteiger partial charge in [0, 0.05) is 43.0 Å². The normalized spacial score (nSPS) is 16.9. The summed E-state index contributed by atoms with van der Waals surface area (Å²) in [4.78, 5) is 4.71. The van der Waals surface area contributed by atoms with E-state index < -0.39 is 12.3 Å². The Labute approximate surface area is 210 Å². The summed E-state index contributed by atoms with van der Waals surface area (Å²) in [6, 6.07) is 12.7. The fourth-order valence-electron chi connectivity index (χ4n) is 4.56. The van der Waals surface area contributed by atoms with Crippen LogP contribution in [-0.2, 0) is 11.3 Å². The number of alkyl halides is 2. The summed E-state index contributed by atoms with van der Waals surface area (Å²) in [5.41, 5.74) is 3.23. The van der Waals surface area contributed by atoms with Gasteiger partial charge in [0.15, 0.2) is 0 Å². The predicted molar refractivity (Wildman–Crippen MR) is 128 cm³/mol. The Morgan fingerprint density at radius 3 is 2.41 bits per heavy atom. The molecular formula is C25H24F3N7O2. The Balaban J connectivity index is 1.13. The maximum absolute atomic E-state index is 14.8. The second kappa shape index (κ2) is 9.94. The highest BCUT2D eigenvalue weighted by atomic mass is 19.3. The van der Waals surface area contributed by atoms with Gasteiger partial charge >= 0.3 is 6.43 Å². The lowest BCUT2D eigenvalue weighted by atomic mass is 10.1. The molecule has 37 heavy (non-hydrogen) atoms. The summed E-state index contributed by atoms with van der Waals surface area (Å²) in [5, 5.41) is 15.4. The number of benzene rings is 2. The van der Waals surface area contributed by atoms with Gasteiger partial charge in [0.2, 0.25) is 5.89 Å². The molecule has 2 aromatic carbocycles. The Morgan fingerprint density at radius 1 is 0.946 bits per heavy atom. The number of rotatable bonds is 7. The van der Waals surface area contributed by atoms with Crippen molar-refractivity contribution in [2.45, 2.75) is 19.0 Å². The van der Waals surface area contributed by atoms with Crippen molar-refractivity contribution in [2.24, 2.45) is 0 Å². The van der Waals surface area contributed by atoms with Crippen molar-refractivity contribution >= 4 is 5.69 Å². The molecule has 2 saturated heterocycles. The molecule has 12 heteroatoms. The van der Waals surface area contributed by atoms with Crippen LogP contribution in [-0.4, -0.2) is 75.5 Å². The minimum atomic E-state index is -2.81. The van der Waals surface area contributed by atoms with Gasteiger partial charge in [0.1, 0.15) is 11.5 Å². The molecule has 6 rings (SSSR count). The van der Waals surface area contributed by atoms with Crippen LogP contribution in [0.25, 0.3) is 22.7 Å². The molecule has 2 aliphatic heterocycles. The Bertz CT molecular complexity index is 1360. The zero-order chi connectivity index (χ0) is 25.4.